The Labute approximate surface area is 102 Å². The van der Waals surface area contributed by atoms with Crippen LogP contribution in [0.3, 0.4) is 0 Å². The van der Waals surface area contributed by atoms with Gasteiger partial charge in [0, 0.05) is 17.0 Å². The van der Waals surface area contributed by atoms with Crippen LogP contribution in [0, 0.1) is 6.92 Å². The first-order chi connectivity index (χ1) is 8.34. The summed E-state index contributed by atoms with van der Waals surface area (Å²) in [5.74, 6) is 0.806. The van der Waals surface area contributed by atoms with Crippen LogP contribution in [-0.4, -0.2) is 11.1 Å². The number of aryl methyl sites for hydroxylation is 2. The SMILES string of the molecule is Cc1ccc2c(c1)c1c3n2C[NH2+]C[C@@H]3CCC1. The molecule has 2 heteroatoms. The van der Waals surface area contributed by atoms with Gasteiger partial charge in [-0.25, -0.2) is 0 Å². The molecule has 1 aliphatic carbocycles. The van der Waals surface area contributed by atoms with Crippen LogP contribution in [0.5, 0.6) is 0 Å². The highest BCUT2D eigenvalue weighted by Gasteiger charge is 2.31. The van der Waals surface area contributed by atoms with Crippen LogP contribution in [0.2, 0.25) is 0 Å². The van der Waals surface area contributed by atoms with Gasteiger partial charge in [0.05, 0.1) is 12.1 Å². The maximum absolute atomic E-state index is 2.57. The van der Waals surface area contributed by atoms with Crippen molar-refractivity contribution in [3.63, 3.8) is 0 Å². The molecule has 2 nitrogen and oxygen atoms in total. The fourth-order valence-corrected chi connectivity index (χ4v) is 3.78. The molecule has 2 heterocycles. The Balaban J connectivity index is 2.11. The van der Waals surface area contributed by atoms with Gasteiger partial charge in [0.15, 0.2) is 6.67 Å². The molecule has 2 aliphatic rings. The highest BCUT2D eigenvalue weighted by molar-refractivity contribution is 5.86. The lowest BCUT2D eigenvalue weighted by molar-refractivity contribution is -0.691. The molecule has 17 heavy (non-hydrogen) atoms. The third-order valence-corrected chi connectivity index (χ3v) is 4.50. The van der Waals surface area contributed by atoms with Crippen LogP contribution < -0.4 is 5.32 Å². The molecular weight excluding hydrogens is 208 g/mol. The summed E-state index contributed by atoms with van der Waals surface area (Å²) in [5.41, 5.74) is 6.18. The van der Waals surface area contributed by atoms with E-state index >= 15 is 0 Å². The minimum atomic E-state index is 0.806. The van der Waals surface area contributed by atoms with E-state index in [2.05, 4.69) is 35.0 Å². The van der Waals surface area contributed by atoms with E-state index in [0.717, 1.165) is 12.6 Å². The lowest BCUT2D eigenvalue weighted by Gasteiger charge is -2.28. The van der Waals surface area contributed by atoms with Crippen molar-refractivity contribution in [1.82, 2.24) is 4.57 Å². The van der Waals surface area contributed by atoms with Crippen molar-refractivity contribution in [3.05, 3.63) is 35.0 Å². The lowest BCUT2D eigenvalue weighted by Crippen LogP contribution is -2.86. The lowest BCUT2D eigenvalue weighted by atomic mass is 9.86. The van der Waals surface area contributed by atoms with Gasteiger partial charge in [0.2, 0.25) is 0 Å². The third-order valence-electron chi connectivity index (χ3n) is 4.50. The summed E-state index contributed by atoms with van der Waals surface area (Å²) >= 11 is 0. The molecule has 1 atom stereocenters. The van der Waals surface area contributed by atoms with Crippen LogP contribution in [0.25, 0.3) is 10.9 Å². The standard InChI is InChI=1S/C15H18N2/c1-10-5-6-14-13(7-10)12-4-2-3-11-8-16-9-17(14)15(11)12/h5-7,11,16H,2-4,8-9H2,1H3/p+1/t11-/m0/s1. The summed E-state index contributed by atoms with van der Waals surface area (Å²) in [7, 11) is 0. The van der Waals surface area contributed by atoms with Crippen LogP contribution >= 0.6 is 0 Å². The molecule has 0 fully saturated rings. The van der Waals surface area contributed by atoms with Gasteiger partial charge >= 0.3 is 0 Å². The van der Waals surface area contributed by atoms with Gasteiger partial charge in [0.1, 0.15) is 0 Å². The average Bonchev–Trinajstić information content (AvgIpc) is 2.67. The molecule has 88 valence electrons. The Kier molecular flexibility index (Phi) is 1.92. The maximum atomic E-state index is 2.57. The highest BCUT2D eigenvalue weighted by atomic mass is 15.2. The van der Waals surface area contributed by atoms with Crippen LogP contribution in [0.15, 0.2) is 18.2 Å². The molecule has 0 spiro atoms. The molecule has 0 saturated carbocycles. The number of hydrogen-bond donors (Lipinski definition) is 1. The summed E-state index contributed by atoms with van der Waals surface area (Å²) in [5, 5.41) is 3.99. The van der Waals surface area contributed by atoms with E-state index in [9.17, 15) is 0 Å². The second kappa shape index (κ2) is 3.36. The second-order valence-corrected chi connectivity index (χ2v) is 5.61. The number of benzene rings is 1. The topological polar surface area (TPSA) is 21.5 Å². The molecule has 1 aromatic carbocycles. The number of rotatable bonds is 0. The van der Waals surface area contributed by atoms with E-state index in [1.807, 2.05) is 0 Å². The van der Waals surface area contributed by atoms with Gasteiger partial charge in [0.25, 0.3) is 0 Å². The van der Waals surface area contributed by atoms with E-state index in [1.54, 1.807) is 11.3 Å². The summed E-state index contributed by atoms with van der Waals surface area (Å²) < 4.78 is 2.57. The summed E-state index contributed by atoms with van der Waals surface area (Å²) in [4.78, 5) is 0. The highest BCUT2D eigenvalue weighted by Crippen LogP contribution is 2.38. The van der Waals surface area contributed by atoms with E-state index in [-0.39, 0.29) is 0 Å². The maximum Gasteiger partial charge on any atom is 0.155 e. The van der Waals surface area contributed by atoms with Gasteiger partial charge in [-0.1, -0.05) is 11.6 Å². The molecule has 1 aliphatic heterocycles. The Morgan fingerprint density at radius 2 is 2.29 bits per heavy atom. The molecule has 4 rings (SSSR count). The molecule has 0 unspecified atom stereocenters. The fourth-order valence-electron chi connectivity index (χ4n) is 3.78. The quantitative estimate of drug-likeness (QED) is 0.710. The van der Waals surface area contributed by atoms with Crippen molar-refractivity contribution in [2.24, 2.45) is 0 Å². The molecular formula is C15H19N2+. The van der Waals surface area contributed by atoms with E-state index < -0.39 is 0 Å². The summed E-state index contributed by atoms with van der Waals surface area (Å²) in [6.45, 7) is 4.61. The molecule has 2 N–H and O–H groups in total. The molecule has 2 aromatic rings. The van der Waals surface area contributed by atoms with Gasteiger partial charge in [-0.2, -0.15) is 0 Å². The normalized spacial score (nSPS) is 22.8. The molecule has 1 aromatic heterocycles. The molecule has 0 bridgehead atoms. The van der Waals surface area contributed by atoms with Crippen molar-refractivity contribution >= 4 is 10.9 Å². The molecule has 0 radical (unpaired) electrons. The Morgan fingerprint density at radius 3 is 3.24 bits per heavy atom. The van der Waals surface area contributed by atoms with E-state index in [0.29, 0.717) is 0 Å². The first-order valence-electron chi connectivity index (χ1n) is 6.78. The van der Waals surface area contributed by atoms with Crippen LogP contribution in [0.4, 0.5) is 0 Å². The van der Waals surface area contributed by atoms with E-state index in [1.165, 1.54) is 42.3 Å². The zero-order valence-corrected chi connectivity index (χ0v) is 10.4. The monoisotopic (exact) mass is 227 g/mol. The number of nitrogens with two attached hydrogens (primary N) is 1. The predicted octanol–water partition coefficient (Wildman–Crippen LogP) is 1.90. The minimum Gasteiger partial charge on any atom is -0.328 e. The van der Waals surface area contributed by atoms with Gasteiger partial charge < -0.3 is 5.32 Å². The summed E-state index contributed by atoms with van der Waals surface area (Å²) in [6.07, 6.45) is 4.05. The van der Waals surface area contributed by atoms with E-state index in [4.69, 9.17) is 0 Å². The van der Waals surface area contributed by atoms with Crippen LogP contribution in [0.1, 0.15) is 35.6 Å². The number of quaternary nitrogens is 1. The second-order valence-electron chi connectivity index (χ2n) is 5.61. The van der Waals surface area contributed by atoms with Crippen molar-refractivity contribution in [2.75, 3.05) is 6.54 Å². The van der Waals surface area contributed by atoms with Crippen molar-refractivity contribution < 1.29 is 5.32 Å². The predicted molar refractivity (Wildman–Crippen MR) is 69.1 cm³/mol. The van der Waals surface area contributed by atoms with Gasteiger partial charge in [-0.05, 0) is 43.9 Å². The van der Waals surface area contributed by atoms with Crippen molar-refractivity contribution in [2.45, 2.75) is 38.8 Å². The smallest absolute Gasteiger partial charge is 0.155 e. The zero-order chi connectivity index (χ0) is 11.4. The summed E-state index contributed by atoms with van der Waals surface area (Å²) in [6, 6.07) is 6.96. The number of nitrogens with zero attached hydrogens (tertiary/aromatic N) is 1. The number of hydrogen-bond acceptors (Lipinski definition) is 0. The number of fused-ring (bicyclic) bond motifs is 3. The first kappa shape index (κ1) is 9.72. The van der Waals surface area contributed by atoms with Gasteiger partial charge in [-0.15, -0.1) is 0 Å². The zero-order valence-electron chi connectivity index (χ0n) is 10.4. The number of aromatic nitrogens is 1. The van der Waals surface area contributed by atoms with Crippen molar-refractivity contribution in [3.8, 4) is 0 Å². The van der Waals surface area contributed by atoms with Gasteiger partial charge in [-0.3, -0.25) is 4.57 Å². The fraction of sp³-hybridized carbons (Fsp3) is 0.467. The Morgan fingerprint density at radius 1 is 1.35 bits per heavy atom. The van der Waals surface area contributed by atoms with Crippen LogP contribution in [-0.2, 0) is 13.1 Å². The third kappa shape index (κ3) is 1.25. The first-order valence-corrected chi connectivity index (χ1v) is 6.78. The molecule has 0 saturated heterocycles. The minimum absolute atomic E-state index is 0.806. The Hall–Kier alpha value is -1.28. The Bertz CT molecular complexity index is 592. The largest absolute Gasteiger partial charge is 0.328 e. The van der Waals surface area contributed by atoms with Crippen molar-refractivity contribution in [1.29, 1.82) is 0 Å². The molecule has 0 amide bonds. The average molecular weight is 227 g/mol.